The second-order valence-corrected chi connectivity index (χ2v) is 9.23. The van der Waals surface area contributed by atoms with Crippen molar-refractivity contribution in [3.63, 3.8) is 0 Å². The number of carbonyl (C=O) groups excluding carboxylic acids is 1. The second kappa shape index (κ2) is 8.29. The van der Waals surface area contributed by atoms with Crippen LogP contribution in [0, 0.1) is 5.92 Å². The summed E-state index contributed by atoms with van der Waals surface area (Å²) in [5, 5.41) is 3.00. The lowest BCUT2D eigenvalue weighted by molar-refractivity contribution is 0.0927. The molecule has 1 saturated heterocycles. The van der Waals surface area contributed by atoms with Crippen LogP contribution >= 0.6 is 0 Å². The van der Waals surface area contributed by atoms with E-state index in [1.807, 2.05) is 0 Å². The highest BCUT2D eigenvalue weighted by Gasteiger charge is 2.25. The molecule has 0 aliphatic carbocycles. The first-order valence-electron chi connectivity index (χ1n) is 8.78. The van der Waals surface area contributed by atoms with Gasteiger partial charge in [0.15, 0.2) is 0 Å². The number of amides is 1. The van der Waals surface area contributed by atoms with E-state index in [2.05, 4.69) is 24.1 Å². The SMILES string of the molecule is CC(C)C(CNC(=O)c1ccc(S(=O)(=O)N(C)C)cc1)N1CCCC1. The molecule has 0 bridgehead atoms. The van der Waals surface area contributed by atoms with Gasteiger partial charge in [-0.15, -0.1) is 0 Å². The maximum atomic E-state index is 12.4. The van der Waals surface area contributed by atoms with Crippen LogP contribution < -0.4 is 5.32 Å². The van der Waals surface area contributed by atoms with Gasteiger partial charge in [-0.3, -0.25) is 9.69 Å². The highest BCUT2D eigenvalue weighted by molar-refractivity contribution is 7.89. The summed E-state index contributed by atoms with van der Waals surface area (Å²) in [4.78, 5) is 15.0. The molecule has 1 fully saturated rings. The van der Waals surface area contributed by atoms with Crippen LogP contribution in [0.4, 0.5) is 0 Å². The summed E-state index contributed by atoms with van der Waals surface area (Å²) in [6.45, 7) is 7.14. The summed E-state index contributed by atoms with van der Waals surface area (Å²) in [6.07, 6.45) is 2.44. The van der Waals surface area contributed by atoms with Gasteiger partial charge in [0.05, 0.1) is 4.90 Å². The molecule has 0 aromatic heterocycles. The van der Waals surface area contributed by atoms with Crippen LogP contribution in [0.5, 0.6) is 0 Å². The molecule has 1 unspecified atom stereocenters. The predicted octanol–water partition coefficient (Wildman–Crippen LogP) is 1.79. The van der Waals surface area contributed by atoms with Crippen molar-refractivity contribution < 1.29 is 13.2 Å². The fraction of sp³-hybridized carbons (Fsp3) is 0.611. The first kappa shape index (κ1) is 19.9. The number of sulfonamides is 1. The quantitative estimate of drug-likeness (QED) is 0.798. The van der Waals surface area contributed by atoms with Crippen molar-refractivity contribution in [1.29, 1.82) is 0 Å². The van der Waals surface area contributed by atoms with Gasteiger partial charge in [-0.2, -0.15) is 0 Å². The smallest absolute Gasteiger partial charge is 0.251 e. The number of carbonyl (C=O) groups is 1. The monoisotopic (exact) mass is 367 g/mol. The van der Waals surface area contributed by atoms with E-state index in [0.29, 0.717) is 24.1 Å². The number of nitrogens with one attached hydrogen (secondary N) is 1. The van der Waals surface area contributed by atoms with E-state index in [1.54, 1.807) is 12.1 Å². The van der Waals surface area contributed by atoms with Gasteiger partial charge in [0.2, 0.25) is 10.0 Å². The van der Waals surface area contributed by atoms with Gasteiger partial charge < -0.3 is 5.32 Å². The molecule has 2 rings (SSSR count). The summed E-state index contributed by atoms with van der Waals surface area (Å²) in [5.74, 6) is 0.296. The minimum Gasteiger partial charge on any atom is -0.350 e. The number of hydrogen-bond donors (Lipinski definition) is 1. The van der Waals surface area contributed by atoms with Crippen LogP contribution in [0.25, 0.3) is 0 Å². The fourth-order valence-electron chi connectivity index (χ4n) is 3.15. The number of hydrogen-bond acceptors (Lipinski definition) is 4. The lowest BCUT2D eigenvalue weighted by Gasteiger charge is -2.31. The van der Waals surface area contributed by atoms with E-state index >= 15 is 0 Å². The maximum Gasteiger partial charge on any atom is 0.251 e. The molecule has 0 saturated carbocycles. The molecule has 1 aromatic rings. The zero-order valence-electron chi connectivity index (χ0n) is 15.5. The Morgan fingerprint density at radius 3 is 2.20 bits per heavy atom. The lowest BCUT2D eigenvalue weighted by Crippen LogP contribution is -2.45. The summed E-state index contributed by atoms with van der Waals surface area (Å²) >= 11 is 0. The first-order valence-corrected chi connectivity index (χ1v) is 10.2. The van der Waals surface area contributed by atoms with Gasteiger partial charge >= 0.3 is 0 Å². The Bertz CT molecular complexity index is 678. The Balaban J connectivity index is 2.00. The van der Waals surface area contributed by atoms with Crippen LogP contribution in [0.2, 0.25) is 0 Å². The van der Waals surface area contributed by atoms with Crippen LogP contribution in [0.3, 0.4) is 0 Å². The first-order chi connectivity index (χ1) is 11.7. The zero-order chi connectivity index (χ0) is 18.6. The Morgan fingerprint density at radius 1 is 1.16 bits per heavy atom. The third-order valence-electron chi connectivity index (χ3n) is 4.75. The van der Waals surface area contributed by atoms with Crippen molar-refractivity contribution in [3.8, 4) is 0 Å². The molecule has 7 heteroatoms. The van der Waals surface area contributed by atoms with E-state index in [0.717, 1.165) is 17.4 Å². The van der Waals surface area contributed by atoms with Gasteiger partial charge in [0.1, 0.15) is 0 Å². The summed E-state index contributed by atoms with van der Waals surface area (Å²) in [6, 6.07) is 6.41. The molecule has 1 aliphatic rings. The standard InChI is InChI=1S/C18H29N3O3S/c1-14(2)17(21-11-5-6-12-21)13-19-18(22)15-7-9-16(10-8-15)25(23,24)20(3)4/h7-10,14,17H,5-6,11-13H2,1-4H3,(H,19,22). The summed E-state index contributed by atoms with van der Waals surface area (Å²) in [7, 11) is -0.499. The van der Waals surface area contributed by atoms with E-state index < -0.39 is 10.0 Å². The Kier molecular flexibility index (Phi) is 6.59. The molecule has 1 aliphatic heterocycles. The van der Waals surface area contributed by atoms with Crippen molar-refractivity contribution in [1.82, 2.24) is 14.5 Å². The minimum atomic E-state index is -3.47. The van der Waals surface area contributed by atoms with Crippen molar-refractivity contribution >= 4 is 15.9 Å². The average Bonchev–Trinajstić information content (AvgIpc) is 3.08. The zero-order valence-corrected chi connectivity index (χ0v) is 16.3. The average molecular weight is 368 g/mol. The highest BCUT2D eigenvalue weighted by atomic mass is 32.2. The van der Waals surface area contributed by atoms with E-state index in [4.69, 9.17) is 0 Å². The van der Waals surface area contributed by atoms with Gasteiger partial charge in [-0.25, -0.2) is 12.7 Å². The third kappa shape index (κ3) is 4.80. The molecule has 6 nitrogen and oxygen atoms in total. The Labute approximate surface area is 151 Å². The van der Waals surface area contributed by atoms with Crippen LogP contribution in [-0.4, -0.2) is 63.3 Å². The molecular weight excluding hydrogens is 338 g/mol. The molecule has 140 valence electrons. The van der Waals surface area contributed by atoms with Gasteiger partial charge in [0.25, 0.3) is 5.91 Å². The van der Waals surface area contributed by atoms with Gasteiger partial charge in [0, 0.05) is 32.2 Å². The normalized spacial score (nSPS) is 17.2. The lowest BCUT2D eigenvalue weighted by atomic mass is 10.0. The Hall–Kier alpha value is -1.44. The molecule has 1 N–H and O–H groups in total. The van der Waals surface area contributed by atoms with Crippen molar-refractivity contribution in [2.75, 3.05) is 33.7 Å². The van der Waals surface area contributed by atoms with E-state index in [1.165, 1.54) is 39.1 Å². The minimum absolute atomic E-state index is 0.168. The van der Waals surface area contributed by atoms with Crippen LogP contribution in [0.1, 0.15) is 37.0 Å². The molecule has 0 spiro atoms. The molecule has 25 heavy (non-hydrogen) atoms. The van der Waals surface area contributed by atoms with Crippen molar-refractivity contribution in [2.45, 2.75) is 37.6 Å². The van der Waals surface area contributed by atoms with Gasteiger partial charge in [-0.1, -0.05) is 13.8 Å². The summed E-state index contributed by atoms with van der Waals surface area (Å²) < 4.78 is 25.3. The largest absolute Gasteiger partial charge is 0.350 e. The van der Waals surface area contributed by atoms with E-state index in [9.17, 15) is 13.2 Å². The summed E-state index contributed by atoms with van der Waals surface area (Å²) in [5.41, 5.74) is 0.474. The van der Waals surface area contributed by atoms with E-state index in [-0.39, 0.29) is 10.8 Å². The number of likely N-dealkylation sites (tertiary alicyclic amines) is 1. The number of benzene rings is 1. The number of rotatable bonds is 7. The fourth-order valence-corrected chi connectivity index (χ4v) is 4.05. The Morgan fingerprint density at radius 2 is 1.72 bits per heavy atom. The predicted molar refractivity (Wildman–Crippen MR) is 99.1 cm³/mol. The maximum absolute atomic E-state index is 12.4. The third-order valence-corrected chi connectivity index (χ3v) is 6.58. The second-order valence-electron chi connectivity index (χ2n) is 7.08. The van der Waals surface area contributed by atoms with Crippen molar-refractivity contribution in [2.24, 2.45) is 5.92 Å². The van der Waals surface area contributed by atoms with Gasteiger partial charge in [-0.05, 0) is 56.1 Å². The molecule has 0 radical (unpaired) electrons. The molecule has 1 heterocycles. The molecule has 1 atom stereocenters. The van der Waals surface area contributed by atoms with Crippen LogP contribution in [-0.2, 0) is 10.0 Å². The molecular formula is C18H29N3O3S. The molecule has 1 aromatic carbocycles. The highest BCUT2D eigenvalue weighted by Crippen LogP contribution is 2.18. The number of nitrogens with zero attached hydrogens (tertiary/aromatic N) is 2. The van der Waals surface area contributed by atoms with Crippen LogP contribution in [0.15, 0.2) is 29.2 Å². The molecule has 1 amide bonds. The van der Waals surface area contributed by atoms with Crippen molar-refractivity contribution in [3.05, 3.63) is 29.8 Å². The topological polar surface area (TPSA) is 69.7 Å².